The highest BCUT2D eigenvalue weighted by Crippen LogP contribution is 2.22. The van der Waals surface area contributed by atoms with Crippen LogP contribution in [0.25, 0.3) is 0 Å². The molecule has 5 nitrogen and oxygen atoms in total. The van der Waals surface area contributed by atoms with Gasteiger partial charge in [-0.2, -0.15) is 0 Å². The number of nitrogens with one attached hydrogen (secondary N) is 1. The van der Waals surface area contributed by atoms with Crippen LogP contribution in [0, 0.1) is 0 Å². The predicted molar refractivity (Wildman–Crippen MR) is 53.0 cm³/mol. The van der Waals surface area contributed by atoms with E-state index in [0.29, 0.717) is 13.0 Å². The maximum Gasteiger partial charge on any atom is 0.192 e. The van der Waals surface area contributed by atoms with Gasteiger partial charge in [0.2, 0.25) is 0 Å². The van der Waals surface area contributed by atoms with Gasteiger partial charge in [-0.3, -0.25) is 10.6 Å². The van der Waals surface area contributed by atoms with Gasteiger partial charge in [0.25, 0.3) is 0 Å². The lowest BCUT2D eigenvalue weighted by Gasteiger charge is -2.09. The second-order valence-corrected chi connectivity index (χ2v) is 8.01. The Morgan fingerprint density at radius 1 is 1.67 bits per heavy atom. The van der Waals surface area contributed by atoms with Gasteiger partial charge in [-0.15, -0.1) is 0 Å². The van der Waals surface area contributed by atoms with Crippen molar-refractivity contribution in [2.45, 2.75) is 6.42 Å². The average molecular weight is 232 g/mol. The molecule has 74 valence electrons. The first kappa shape index (κ1) is 12.5. The highest BCUT2D eigenvalue weighted by Gasteiger charge is 2.05. The summed E-state index contributed by atoms with van der Waals surface area (Å²) in [6.07, 6.45) is 1.57. The van der Waals surface area contributed by atoms with Crippen LogP contribution in [0.5, 0.6) is 0 Å². The molecule has 0 bridgehead atoms. The van der Waals surface area contributed by atoms with Crippen molar-refractivity contribution in [3.63, 3.8) is 0 Å². The third-order valence-corrected chi connectivity index (χ3v) is 3.12. The molecule has 0 saturated heterocycles. The van der Waals surface area contributed by atoms with Crippen molar-refractivity contribution in [1.82, 2.24) is 5.09 Å². The van der Waals surface area contributed by atoms with Gasteiger partial charge in [0.1, 0.15) is 9.84 Å². The van der Waals surface area contributed by atoms with Crippen LogP contribution in [-0.2, 0) is 21.6 Å². The third-order valence-electron chi connectivity index (χ3n) is 1.03. The number of rotatable bonds is 5. The lowest BCUT2D eigenvalue weighted by atomic mass is 10.5. The van der Waals surface area contributed by atoms with Gasteiger partial charge in [0, 0.05) is 12.8 Å². The van der Waals surface area contributed by atoms with Gasteiger partial charge in [-0.25, -0.2) is 8.42 Å². The summed E-state index contributed by atoms with van der Waals surface area (Å²) in [4.78, 5) is 8.89. The Hall–Kier alpha value is 0.480. The molecule has 4 N–H and O–H groups in total. The van der Waals surface area contributed by atoms with E-state index in [9.17, 15) is 8.42 Å². The zero-order valence-corrected chi connectivity index (χ0v) is 9.25. The summed E-state index contributed by atoms with van der Waals surface area (Å²) in [5.74, 6) is 0.0787. The van der Waals surface area contributed by atoms with Crippen LogP contribution in [0.2, 0.25) is 0 Å². The van der Waals surface area contributed by atoms with E-state index in [1.54, 1.807) is 0 Å². The van der Waals surface area contributed by atoms with E-state index in [1.165, 1.54) is 0 Å². The van der Waals surface area contributed by atoms with Crippen LogP contribution in [0.4, 0.5) is 0 Å². The normalized spacial score (nSPS) is 17.2. The monoisotopic (exact) mass is 232 g/mol. The van der Waals surface area contributed by atoms with E-state index < -0.39 is 16.4 Å². The molecule has 0 fully saturated rings. The average Bonchev–Trinajstić information content (AvgIpc) is 1.76. The summed E-state index contributed by atoms with van der Waals surface area (Å²) in [6.45, 7) is -2.53. The zero-order chi connectivity index (χ0) is 9.83. The summed E-state index contributed by atoms with van der Waals surface area (Å²) >= 11 is 4.48. The fourth-order valence-electron chi connectivity index (χ4n) is 0.574. The van der Waals surface area contributed by atoms with Gasteiger partial charge in [0.05, 0.1) is 5.75 Å². The molecule has 0 aromatic heterocycles. The van der Waals surface area contributed by atoms with Gasteiger partial charge in [-0.1, -0.05) is 0 Å². The molecule has 8 heteroatoms. The molecule has 0 aromatic carbocycles. The molecular weight excluding hydrogens is 219 g/mol. The molecule has 1 atom stereocenters. The number of sulfone groups is 1. The summed E-state index contributed by atoms with van der Waals surface area (Å²) in [6, 6.07) is 0. The first-order chi connectivity index (χ1) is 5.21. The summed E-state index contributed by atoms with van der Waals surface area (Å²) in [5.41, 5.74) is 5.11. The molecule has 0 aliphatic heterocycles. The summed E-state index contributed by atoms with van der Waals surface area (Å²) in [5, 5.41) is 2.49. The molecule has 0 rings (SSSR count). The molecule has 0 radical (unpaired) electrons. The van der Waals surface area contributed by atoms with Crippen LogP contribution in [0.15, 0.2) is 0 Å². The van der Waals surface area contributed by atoms with Crippen molar-refractivity contribution in [3.8, 4) is 0 Å². The molecular formula is C4H13N2O3PS2. The molecule has 0 aromatic rings. The topological polar surface area (TPSA) is 92.4 Å². The molecule has 0 spiro atoms. The van der Waals surface area contributed by atoms with Crippen molar-refractivity contribution in [3.05, 3.63) is 0 Å². The molecule has 0 heterocycles. The molecule has 0 amide bonds. The SMILES string of the molecule is CS(=O)(=O)CCCNP(N)(O)=S. The van der Waals surface area contributed by atoms with Crippen LogP contribution in [0.1, 0.15) is 6.42 Å². The highest BCUT2D eigenvalue weighted by molar-refractivity contribution is 8.09. The Labute approximate surface area is 77.5 Å². The smallest absolute Gasteiger partial charge is 0.192 e. The summed E-state index contributed by atoms with van der Waals surface area (Å²) in [7, 11) is -2.93. The first-order valence-corrected chi connectivity index (χ1v) is 8.13. The van der Waals surface area contributed by atoms with Gasteiger partial charge < -0.3 is 4.89 Å². The second-order valence-electron chi connectivity index (χ2n) is 2.51. The lowest BCUT2D eigenvalue weighted by molar-refractivity contribution is 0.591. The molecule has 0 aliphatic rings. The standard InChI is InChI=1S/C4H13N2O3PS2/c1-12(8,9)4-2-3-6-10(5,7)11/h2-4H2,1H3,(H4,5,6,7,11). The number of nitrogens with two attached hydrogens (primary N) is 1. The maximum absolute atomic E-state index is 10.6. The first-order valence-electron chi connectivity index (χ1n) is 3.25. The van der Waals surface area contributed by atoms with E-state index in [1.807, 2.05) is 0 Å². The minimum atomic E-state index is -2.93. The van der Waals surface area contributed by atoms with Crippen LogP contribution < -0.4 is 10.6 Å². The summed E-state index contributed by atoms with van der Waals surface area (Å²) < 4.78 is 21.2. The van der Waals surface area contributed by atoms with Crippen molar-refractivity contribution >= 4 is 28.2 Å². The lowest BCUT2D eigenvalue weighted by Crippen LogP contribution is -2.19. The van der Waals surface area contributed by atoms with E-state index in [4.69, 9.17) is 10.4 Å². The molecule has 1 unspecified atom stereocenters. The van der Waals surface area contributed by atoms with Crippen LogP contribution in [-0.4, -0.2) is 31.9 Å². The third kappa shape index (κ3) is 10.5. The highest BCUT2D eigenvalue weighted by atomic mass is 32.4. The van der Waals surface area contributed by atoms with Crippen LogP contribution in [0.3, 0.4) is 0 Å². The largest absolute Gasteiger partial charge is 0.343 e. The predicted octanol–water partition coefficient (Wildman–Crippen LogP) is -0.814. The Kier molecular flexibility index (Phi) is 4.83. The minimum absolute atomic E-state index is 0.0787. The molecule has 0 saturated carbocycles. The Morgan fingerprint density at radius 3 is 2.50 bits per heavy atom. The van der Waals surface area contributed by atoms with Crippen LogP contribution >= 0.6 is 6.57 Å². The zero-order valence-electron chi connectivity index (χ0n) is 6.73. The number of hydrogen-bond acceptors (Lipinski definition) is 3. The maximum atomic E-state index is 10.6. The minimum Gasteiger partial charge on any atom is -0.343 e. The Bertz CT molecular complexity index is 270. The van der Waals surface area contributed by atoms with Crippen molar-refractivity contribution in [2.24, 2.45) is 5.50 Å². The van der Waals surface area contributed by atoms with Gasteiger partial charge >= 0.3 is 0 Å². The van der Waals surface area contributed by atoms with Crippen molar-refractivity contribution in [2.75, 3.05) is 18.6 Å². The van der Waals surface area contributed by atoms with Gasteiger partial charge in [0.15, 0.2) is 6.57 Å². The number of hydrogen-bond donors (Lipinski definition) is 3. The molecule has 12 heavy (non-hydrogen) atoms. The van der Waals surface area contributed by atoms with E-state index in [-0.39, 0.29) is 5.75 Å². The molecule has 0 aliphatic carbocycles. The van der Waals surface area contributed by atoms with Crippen molar-refractivity contribution < 1.29 is 13.3 Å². The fourth-order valence-corrected chi connectivity index (χ4v) is 1.99. The Balaban J connectivity index is 3.55. The quantitative estimate of drug-likeness (QED) is 0.424. The fraction of sp³-hybridized carbons (Fsp3) is 1.00. The van der Waals surface area contributed by atoms with E-state index in [2.05, 4.69) is 16.9 Å². The second kappa shape index (κ2) is 4.64. The Morgan fingerprint density at radius 2 is 2.17 bits per heavy atom. The van der Waals surface area contributed by atoms with E-state index >= 15 is 0 Å². The van der Waals surface area contributed by atoms with E-state index in [0.717, 1.165) is 6.26 Å². The van der Waals surface area contributed by atoms with Gasteiger partial charge in [-0.05, 0) is 18.2 Å². The van der Waals surface area contributed by atoms with Crippen molar-refractivity contribution in [1.29, 1.82) is 0 Å².